The van der Waals surface area contributed by atoms with E-state index < -0.39 is 10.0 Å². The summed E-state index contributed by atoms with van der Waals surface area (Å²) in [5, 5.41) is 0.475. The standard InChI is InChI=1S/C12H16Cl2N2O3S/c1-8(15)11-7-16(4-5-19-11)20(17,18)12-6-9(13)2-3-10(12)14/h2-3,6,8,11H,4-5,7,15H2,1H3. The Kier molecular flexibility index (Phi) is 4.94. The molecular formula is C12H16Cl2N2O3S. The first-order valence-corrected chi connectivity index (χ1v) is 8.34. The second-order valence-electron chi connectivity index (χ2n) is 4.71. The van der Waals surface area contributed by atoms with E-state index >= 15 is 0 Å². The lowest BCUT2D eigenvalue weighted by Gasteiger charge is -2.34. The van der Waals surface area contributed by atoms with Crippen molar-refractivity contribution in [2.75, 3.05) is 19.7 Å². The van der Waals surface area contributed by atoms with Gasteiger partial charge in [-0.1, -0.05) is 23.2 Å². The van der Waals surface area contributed by atoms with Crippen LogP contribution in [0.25, 0.3) is 0 Å². The molecule has 1 saturated heterocycles. The summed E-state index contributed by atoms with van der Waals surface area (Å²) in [6, 6.07) is 4.13. The summed E-state index contributed by atoms with van der Waals surface area (Å²) in [4.78, 5) is 0.0111. The first kappa shape index (κ1) is 16.0. The summed E-state index contributed by atoms with van der Waals surface area (Å²) in [6.45, 7) is 2.58. The van der Waals surface area contributed by atoms with Crippen LogP contribution in [0.4, 0.5) is 0 Å². The van der Waals surface area contributed by atoms with Gasteiger partial charge in [0.05, 0.1) is 17.7 Å². The van der Waals surface area contributed by atoms with E-state index in [2.05, 4.69) is 0 Å². The van der Waals surface area contributed by atoms with E-state index in [1.54, 1.807) is 13.0 Å². The molecule has 1 fully saturated rings. The van der Waals surface area contributed by atoms with Gasteiger partial charge in [-0.05, 0) is 25.1 Å². The molecule has 0 bridgehead atoms. The third kappa shape index (κ3) is 3.27. The number of sulfonamides is 1. The van der Waals surface area contributed by atoms with Crippen LogP contribution in [0.1, 0.15) is 6.92 Å². The predicted octanol–water partition coefficient (Wildman–Crippen LogP) is 1.73. The van der Waals surface area contributed by atoms with Crippen molar-refractivity contribution < 1.29 is 13.2 Å². The van der Waals surface area contributed by atoms with Crippen molar-refractivity contribution in [3.8, 4) is 0 Å². The number of nitrogens with zero attached hydrogens (tertiary/aromatic N) is 1. The first-order chi connectivity index (χ1) is 9.32. The molecule has 1 aliphatic heterocycles. The highest BCUT2D eigenvalue weighted by Crippen LogP contribution is 2.28. The van der Waals surface area contributed by atoms with Gasteiger partial charge in [0.25, 0.3) is 0 Å². The quantitative estimate of drug-likeness (QED) is 0.910. The molecule has 0 spiro atoms. The van der Waals surface area contributed by atoms with E-state index in [1.165, 1.54) is 16.4 Å². The fourth-order valence-electron chi connectivity index (χ4n) is 2.00. The lowest BCUT2D eigenvalue weighted by Crippen LogP contribution is -2.51. The molecule has 0 aliphatic carbocycles. The van der Waals surface area contributed by atoms with Gasteiger partial charge < -0.3 is 10.5 Å². The van der Waals surface area contributed by atoms with Gasteiger partial charge in [-0.25, -0.2) is 8.42 Å². The molecule has 0 aromatic heterocycles. The number of ether oxygens (including phenoxy) is 1. The van der Waals surface area contributed by atoms with E-state index in [4.69, 9.17) is 33.7 Å². The summed E-state index contributed by atoms with van der Waals surface area (Å²) in [7, 11) is -3.70. The smallest absolute Gasteiger partial charge is 0.244 e. The van der Waals surface area contributed by atoms with Gasteiger partial charge in [0, 0.05) is 24.2 Å². The molecule has 2 N–H and O–H groups in total. The van der Waals surface area contributed by atoms with Gasteiger partial charge >= 0.3 is 0 Å². The Balaban J connectivity index is 2.32. The minimum absolute atomic E-state index is 0.0111. The van der Waals surface area contributed by atoms with E-state index in [1.807, 2.05) is 0 Å². The molecular weight excluding hydrogens is 323 g/mol. The van der Waals surface area contributed by atoms with Crippen molar-refractivity contribution >= 4 is 33.2 Å². The van der Waals surface area contributed by atoms with Gasteiger partial charge in [-0.2, -0.15) is 4.31 Å². The highest BCUT2D eigenvalue weighted by atomic mass is 35.5. The monoisotopic (exact) mass is 338 g/mol. The molecule has 2 rings (SSSR count). The minimum Gasteiger partial charge on any atom is -0.374 e. The summed E-state index contributed by atoms with van der Waals surface area (Å²) >= 11 is 11.8. The Bertz CT molecular complexity index is 592. The predicted molar refractivity (Wildman–Crippen MR) is 78.6 cm³/mol. The summed E-state index contributed by atoms with van der Waals surface area (Å²) < 4.78 is 32.0. The SMILES string of the molecule is CC(N)C1CN(S(=O)(=O)c2cc(Cl)ccc2Cl)CCO1. The van der Waals surface area contributed by atoms with E-state index in [0.717, 1.165) is 0 Å². The van der Waals surface area contributed by atoms with Crippen molar-refractivity contribution in [3.63, 3.8) is 0 Å². The van der Waals surface area contributed by atoms with Crippen LogP contribution in [-0.2, 0) is 14.8 Å². The van der Waals surface area contributed by atoms with Gasteiger partial charge in [-0.3, -0.25) is 0 Å². The van der Waals surface area contributed by atoms with Crippen LogP contribution in [0, 0.1) is 0 Å². The normalized spacial score (nSPS) is 22.7. The highest BCUT2D eigenvalue weighted by Gasteiger charge is 2.33. The number of hydrogen-bond acceptors (Lipinski definition) is 4. The fraction of sp³-hybridized carbons (Fsp3) is 0.500. The number of morpholine rings is 1. The zero-order valence-electron chi connectivity index (χ0n) is 10.9. The van der Waals surface area contributed by atoms with Crippen molar-refractivity contribution in [2.45, 2.75) is 24.0 Å². The maximum absolute atomic E-state index is 12.6. The Hall–Kier alpha value is -0.370. The second-order valence-corrected chi connectivity index (χ2v) is 7.46. The van der Waals surface area contributed by atoms with Crippen LogP contribution in [-0.4, -0.2) is 44.6 Å². The molecule has 0 amide bonds. The van der Waals surface area contributed by atoms with Crippen molar-refractivity contribution in [3.05, 3.63) is 28.2 Å². The second kappa shape index (κ2) is 6.17. The summed E-state index contributed by atoms with van der Waals surface area (Å²) in [6.07, 6.45) is -0.323. The number of nitrogens with two attached hydrogens (primary N) is 1. The number of benzene rings is 1. The third-order valence-corrected chi connectivity index (χ3v) is 5.74. The molecule has 0 radical (unpaired) electrons. The number of halogens is 2. The van der Waals surface area contributed by atoms with Gasteiger partial charge in [-0.15, -0.1) is 0 Å². The van der Waals surface area contributed by atoms with Crippen molar-refractivity contribution in [1.29, 1.82) is 0 Å². The van der Waals surface area contributed by atoms with Crippen LogP contribution in [0.3, 0.4) is 0 Å². The largest absolute Gasteiger partial charge is 0.374 e. The average Bonchev–Trinajstić information content (AvgIpc) is 2.41. The van der Waals surface area contributed by atoms with Crippen LogP contribution in [0.15, 0.2) is 23.1 Å². The Labute approximate surface area is 128 Å². The average molecular weight is 339 g/mol. The van der Waals surface area contributed by atoms with E-state index in [-0.39, 0.29) is 35.2 Å². The third-order valence-electron chi connectivity index (χ3n) is 3.15. The molecule has 1 aromatic carbocycles. The molecule has 5 nitrogen and oxygen atoms in total. The molecule has 8 heteroatoms. The molecule has 2 unspecified atom stereocenters. The van der Waals surface area contributed by atoms with Crippen LogP contribution < -0.4 is 5.73 Å². The topological polar surface area (TPSA) is 72.6 Å². The zero-order chi connectivity index (χ0) is 14.9. The summed E-state index contributed by atoms with van der Waals surface area (Å²) in [5.74, 6) is 0. The first-order valence-electron chi connectivity index (χ1n) is 6.15. The summed E-state index contributed by atoms with van der Waals surface area (Å²) in [5.41, 5.74) is 5.77. The molecule has 112 valence electrons. The number of rotatable bonds is 3. The van der Waals surface area contributed by atoms with Crippen LogP contribution >= 0.6 is 23.2 Å². The molecule has 2 atom stereocenters. The lowest BCUT2D eigenvalue weighted by atomic mass is 10.2. The van der Waals surface area contributed by atoms with Crippen molar-refractivity contribution in [2.24, 2.45) is 5.73 Å². The van der Waals surface area contributed by atoms with Gasteiger partial charge in [0.2, 0.25) is 10.0 Å². The molecule has 0 saturated carbocycles. The van der Waals surface area contributed by atoms with Crippen LogP contribution in [0.2, 0.25) is 10.0 Å². The number of hydrogen-bond donors (Lipinski definition) is 1. The van der Waals surface area contributed by atoms with E-state index in [9.17, 15) is 8.42 Å². The Morgan fingerprint density at radius 3 is 2.80 bits per heavy atom. The molecule has 1 aliphatic rings. The zero-order valence-corrected chi connectivity index (χ0v) is 13.2. The van der Waals surface area contributed by atoms with Crippen LogP contribution in [0.5, 0.6) is 0 Å². The maximum atomic E-state index is 12.6. The van der Waals surface area contributed by atoms with Gasteiger partial charge in [0.15, 0.2) is 0 Å². The molecule has 20 heavy (non-hydrogen) atoms. The lowest BCUT2D eigenvalue weighted by molar-refractivity contribution is -0.0120. The van der Waals surface area contributed by atoms with Gasteiger partial charge in [0.1, 0.15) is 4.90 Å². The fourth-order valence-corrected chi connectivity index (χ4v) is 4.17. The molecule has 1 heterocycles. The molecule has 1 aromatic rings. The van der Waals surface area contributed by atoms with E-state index in [0.29, 0.717) is 11.6 Å². The van der Waals surface area contributed by atoms with Crippen molar-refractivity contribution in [1.82, 2.24) is 4.31 Å². The highest BCUT2D eigenvalue weighted by molar-refractivity contribution is 7.89. The Morgan fingerprint density at radius 1 is 1.45 bits per heavy atom. The minimum atomic E-state index is -3.70. The maximum Gasteiger partial charge on any atom is 0.244 e. The Morgan fingerprint density at radius 2 is 2.15 bits per heavy atom.